The average molecular weight is 272 g/mol. The summed E-state index contributed by atoms with van der Waals surface area (Å²) in [6.45, 7) is 0. The molecule has 0 bridgehead atoms. The highest BCUT2D eigenvalue weighted by atomic mass is 79.9. The van der Waals surface area contributed by atoms with Crippen LogP contribution in [0.5, 0.6) is 0 Å². The lowest BCUT2D eigenvalue weighted by Crippen LogP contribution is -2.15. The van der Waals surface area contributed by atoms with Gasteiger partial charge in [0.1, 0.15) is 0 Å². The number of thiophene rings is 1. The fraction of sp³-hybridized carbons (Fsp3) is 0.636. The van der Waals surface area contributed by atoms with Gasteiger partial charge in [-0.3, -0.25) is 0 Å². The van der Waals surface area contributed by atoms with Crippen LogP contribution in [0.1, 0.15) is 30.9 Å². The summed E-state index contributed by atoms with van der Waals surface area (Å²) in [7, 11) is 0. The van der Waals surface area contributed by atoms with Crippen molar-refractivity contribution < 1.29 is 0 Å². The number of halogens is 1. The molecule has 0 aliphatic heterocycles. The Hall–Kier alpha value is 0.140. The zero-order chi connectivity index (χ0) is 9.71. The van der Waals surface area contributed by atoms with Gasteiger partial charge in [0.2, 0.25) is 0 Å². The number of nitrogens with two attached hydrogens (primary N) is 1. The van der Waals surface area contributed by atoms with E-state index in [9.17, 15) is 0 Å². The minimum absolute atomic E-state index is 0.283. The van der Waals surface area contributed by atoms with Crippen LogP contribution in [-0.2, 0) is 0 Å². The highest BCUT2D eigenvalue weighted by Gasteiger charge is 2.55. The molecule has 3 atom stereocenters. The first-order valence-corrected chi connectivity index (χ1v) is 7.00. The summed E-state index contributed by atoms with van der Waals surface area (Å²) in [5, 5.41) is 4.33. The lowest BCUT2D eigenvalue weighted by Gasteiger charge is -2.12. The van der Waals surface area contributed by atoms with Gasteiger partial charge in [-0.05, 0) is 57.5 Å². The van der Waals surface area contributed by atoms with Gasteiger partial charge >= 0.3 is 0 Å². The van der Waals surface area contributed by atoms with Crippen molar-refractivity contribution in [2.24, 2.45) is 23.5 Å². The third-order valence-corrected chi connectivity index (χ3v) is 5.64. The van der Waals surface area contributed by atoms with Crippen LogP contribution in [-0.4, -0.2) is 0 Å². The Balaban J connectivity index is 1.78. The molecule has 0 aromatic carbocycles. The molecule has 3 unspecified atom stereocenters. The summed E-state index contributed by atoms with van der Waals surface area (Å²) >= 11 is 5.31. The van der Waals surface area contributed by atoms with E-state index in [1.54, 1.807) is 11.3 Å². The molecule has 3 heteroatoms. The summed E-state index contributed by atoms with van der Waals surface area (Å²) in [4.78, 5) is 0. The largest absolute Gasteiger partial charge is 0.324 e. The molecular weight excluding hydrogens is 258 g/mol. The summed E-state index contributed by atoms with van der Waals surface area (Å²) in [6.07, 6.45) is 4.28. The van der Waals surface area contributed by atoms with Crippen LogP contribution in [0.3, 0.4) is 0 Å². The molecule has 0 spiro atoms. The number of hydrogen-bond donors (Lipinski definition) is 1. The van der Waals surface area contributed by atoms with Gasteiger partial charge in [-0.15, -0.1) is 0 Å². The zero-order valence-corrected chi connectivity index (χ0v) is 10.4. The molecule has 2 saturated carbocycles. The van der Waals surface area contributed by atoms with E-state index in [0.717, 1.165) is 17.8 Å². The molecule has 2 aliphatic carbocycles. The predicted octanol–water partition coefficient (Wildman–Crippen LogP) is 3.56. The van der Waals surface area contributed by atoms with E-state index in [-0.39, 0.29) is 6.04 Å². The van der Waals surface area contributed by atoms with Crippen molar-refractivity contribution in [3.8, 4) is 0 Å². The first-order chi connectivity index (χ1) is 6.79. The van der Waals surface area contributed by atoms with Crippen molar-refractivity contribution in [3.05, 3.63) is 20.8 Å². The van der Waals surface area contributed by atoms with E-state index in [1.165, 1.54) is 29.3 Å². The average Bonchev–Trinajstić information content (AvgIpc) is 2.57. The molecule has 0 saturated heterocycles. The summed E-state index contributed by atoms with van der Waals surface area (Å²) in [5.41, 5.74) is 7.64. The van der Waals surface area contributed by atoms with Gasteiger partial charge in [-0.25, -0.2) is 0 Å². The molecule has 76 valence electrons. The predicted molar refractivity (Wildman–Crippen MR) is 63.3 cm³/mol. The highest BCUT2D eigenvalue weighted by molar-refractivity contribution is 9.10. The van der Waals surface area contributed by atoms with Crippen LogP contribution in [0, 0.1) is 17.8 Å². The molecule has 1 nitrogen and oxygen atoms in total. The van der Waals surface area contributed by atoms with E-state index < -0.39 is 0 Å². The van der Waals surface area contributed by atoms with Crippen LogP contribution >= 0.6 is 27.3 Å². The standard InChI is InChI=1S/C11H14BrNS/c12-9-5-14-4-8(9)11(13)10-6-2-1-3-7(6)10/h4-7,10-11H,1-3,13H2. The van der Waals surface area contributed by atoms with Gasteiger partial charge in [-0.1, -0.05) is 6.42 Å². The van der Waals surface area contributed by atoms with Gasteiger partial charge in [0.15, 0.2) is 0 Å². The Labute approximate surface area is 96.8 Å². The summed E-state index contributed by atoms with van der Waals surface area (Å²) in [6, 6.07) is 0.283. The maximum absolute atomic E-state index is 6.31. The molecular formula is C11H14BrNS. The second-order valence-corrected chi connectivity index (χ2v) is 6.13. The van der Waals surface area contributed by atoms with Crippen LogP contribution in [0.15, 0.2) is 15.2 Å². The smallest absolute Gasteiger partial charge is 0.0348 e. The maximum atomic E-state index is 6.31. The third-order valence-electron chi connectivity index (χ3n) is 3.89. The molecule has 1 heterocycles. The molecule has 2 aliphatic rings. The van der Waals surface area contributed by atoms with Crippen LogP contribution in [0.2, 0.25) is 0 Å². The maximum Gasteiger partial charge on any atom is 0.0348 e. The van der Waals surface area contributed by atoms with Crippen LogP contribution in [0.4, 0.5) is 0 Å². The molecule has 0 radical (unpaired) electrons. The van der Waals surface area contributed by atoms with E-state index in [4.69, 9.17) is 5.73 Å². The normalized spacial score (nSPS) is 36.9. The van der Waals surface area contributed by atoms with Crippen molar-refractivity contribution in [3.63, 3.8) is 0 Å². The molecule has 2 fully saturated rings. The van der Waals surface area contributed by atoms with Crippen molar-refractivity contribution in [1.82, 2.24) is 0 Å². The first kappa shape index (κ1) is 9.37. The lowest BCUT2D eigenvalue weighted by atomic mass is 10.0. The van der Waals surface area contributed by atoms with Gasteiger partial charge in [0.05, 0.1) is 0 Å². The molecule has 14 heavy (non-hydrogen) atoms. The minimum Gasteiger partial charge on any atom is -0.324 e. The van der Waals surface area contributed by atoms with Crippen LogP contribution in [0.25, 0.3) is 0 Å². The first-order valence-electron chi connectivity index (χ1n) is 5.26. The number of fused-ring (bicyclic) bond motifs is 1. The minimum atomic E-state index is 0.283. The molecule has 2 N–H and O–H groups in total. The fourth-order valence-corrected chi connectivity index (χ4v) is 4.75. The van der Waals surface area contributed by atoms with Crippen molar-refractivity contribution in [2.45, 2.75) is 25.3 Å². The van der Waals surface area contributed by atoms with E-state index in [1.807, 2.05) is 0 Å². The van der Waals surface area contributed by atoms with Crippen molar-refractivity contribution >= 4 is 27.3 Å². The lowest BCUT2D eigenvalue weighted by molar-refractivity contribution is 0.501. The Bertz CT molecular complexity index is 339. The topological polar surface area (TPSA) is 26.0 Å². The molecule has 1 aromatic rings. The fourth-order valence-electron chi connectivity index (χ4n) is 3.15. The number of rotatable bonds is 2. The second kappa shape index (κ2) is 3.32. The molecule has 3 rings (SSSR count). The zero-order valence-electron chi connectivity index (χ0n) is 7.95. The SMILES string of the molecule is NC(c1cscc1Br)C1C2CCCC21. The van der Waals surface area contributed by atoms with E-state index in [0.29, 0.717) is 0 Å². The Morgan fingerprint density at radius 1 is 1.36 bits per heavy atom. The van der Waals surface area contributed by atoms with Crippen molar-refractivity contribution in [2.75, 3.05) is 0 Å². The Morgan fingerprint density at radius 3 is 2.64 bits per heavy atom. The highest BCUT2D eigenvalue weighted by Crippen LogP contribution is 2.62. The summed E-state index contributed by atoms with van der Waals surface area (Å²) in [5.74, 6) is 2.70. The van der Waals surface area contributed by atoms with Crippen molar-refractivity contribution in [1.29, 1.82) is 0 Å². The van der Waals surface area contributed by atoms with Gasteiger partial charge < -0.3 is 5.73 Å². The Kier molecular flexibility index (Phi) is 2.22. The van der Waals surface area contributed by atoms with Gasteiger partial charge in [0.25, 0.3) is 0 Å². The van der Waals surface area contributed by atoms with Crippen LogP contribution < -0.4 is 5.73 Å². The van der Waals surface area contributed by atoms with E-state index in [2.05, 4.69) is 26.7 Å². The second-order valence-electron chi connectivity index (χ2n) is 4.54. The van der Waals surface area contributed by atoms with Gasteiger partial charge in [-0.2, -0.15) is 11.3 Å². The third kappa shape index (κ3) is 1.29. The Morgan fingerprint density at radius 2 is 2.07 bits per heavy atom. The van der Waals surface area contributed by atoms with E-state index >= 15 is 0 Å². The molecule has 1 aromatic heterocycles. The monoisotopic (exact) mass is 271 g/mol. The molecule has 0 amide bonds. The quantitative estimate of drug-likeness (QED) is 0.875. The summed E-state index contributed by atoms with van der Waals surface area (Å²) < 4.78 is 1.21. The number of hydrogen-bond acceptors (Lipinski definition) is 2. The van der Waals surface area contributed by atoms with Gasteiger partial charge in [0, 0.05) is 15.9 Å².